The van der Waals surface area contributed by atoms with Gasteiger partial charge in [-0.25, -0.2) is 9.59 Å². The first kappa shape index (κ1) is 30.6. The number of halogens is 2. The minimum atomic E-state index is -1.26. The first-order valence-corrected chi connectivity index (χ1v) is 12.9. The van der Waals surface area contributed by atoms with Crippen LogP contribution in [0, 0.1) is 0 Å². The molecule has 2 aromatic heterocycles. The zero-order valence-corrected chi connectivity index (χ0v) is 23.2. The predicted octanol–water partition coefficient (Wildman–Crippen LogP) is 4.06. The normalized spacial score (nSPS) is 13.7. The maximum absolute atomic E-state index is 13.2. The molecule has 2 N–H and O–H groups in total. The number of aliphatic carboxylic acids is 2. The maximum atomic E-state index is 13.2. The minimum absolute atomic E-state index is 0.00491. The lowest BCUT2D eigenvalue weighted by molar-refractivity contribution is -0.134. The van der Waals surface area contributed by atoms with Crippen LogP contribution in [-0.4, -0.2) is 88.5 Å². The Bertz CT molecular complexity index is 1410. The molecule has 0 bridgehead atoms. The standard InChI is InChI=1S/C23H23Cl2N3O4.C4H4O4/c1-3-27-6-8-28(9-7-27)23(30)21-11-15-14(4-5-20(31-2)22(15)32-21)19(29)10-16-17(24)12-26-13-18(16)25;5-3(6)1-2-4(7)8/h4-5,11-13H,3,6-10H2,1-2H3;1-2H,(H,5,6)(H,7,8)/b;2-1+. The Morgan fingerprint density at radius 3 is 2.15 bits per heavy atom. The first-order chi connectivity index (χ1) is 19.0. The van der Waals surface area contributed by atoms with E-state index in [0.29, 0.717) is 63.1 Å². The van der Waals surface area contributed by atoms with E-state index in [1.807, 2.05) is 0 Å². The number of rotatable bonds is 8. The van der Waals surface area contributed by atoms with Crippen molar-refractivity contribution in [2.75, 3.05) is 39.8 Å². The number of likely N-dealkylation sites (N-methyl/N-ethyl adjacent to an activating group) is 1. The van der Waals surface area contributed by atoms with Crippen molar-refractivity contribution in [3.8, 4) is 5.75 Å². The van der Waals surface area contributed by atoms with Crippen LogP contribution in [0.5, 0.6) is 5.75 Å². The van der Waals surface area contributed by atoms with Gasteiger partial charge in [-0.1, -0.05) is 30.1 Å². The Morgan fingerprint density at radius 1 is 1.02 bits per heavy atom. The van der Waals surface area contributed by atoms with Crippen molar-refractivity contribution in [3.05, 3.63) is 69.7 Å². The second kappa shape index (κ2) is 13.9. The molecule has 1 aromatic carbocycles. The van der Waals surface area contributed by atoms with Crippen LogP contribution < -0.4 is 4.74 Å². The first-order valence-electron chi connectivity index (χ1n) is 12.1. The number of piperazine rings is 1. The summed E-state index contributed by atoms with van der Waals surface area (Å²) < 4.78 is 11.3. The summed E-state index contributed by atoms with van der Waals surface area (Å²) in [6, 6.07) is 4.94. The van der Waals surface area contributed by atoms with E-state index >= 15 is 0 Å². The summed E-state index contributed by atoms with van der Waals surface area (Å²) in [7, 11) is 1.51. The molecule has 0 atom stereocenters. The number of carboxylic acids is 2. The number of hydrogen-bond donors (Lipinski definition) is 2. The summed E-state index contributed by atoms with van der Waals surface area (Å²) in [5.41, 5.74) is 1.27. The Balaban J connectivity index is 0.000000482. The molecule has 11 nitrogen and oxygen atoms in total. The summed E-state index contributed by atoms with van der Waals surface area (Å²) in [4.78, 5) is 53.3. The molecule has 0 unspecified atom stereocenters. The minimum Gasteiger partial charge on any atom is -0.493 e. The van der Waals surface area contributed by atoms with E-state index < -0.39 is 11.9 Å². The van der Waals surface area contributed by atoms with Crippen LogP contribution in [0.4, 0.5) is 0 Å². The van der Waals surface area contributed by atoms with Crippen molar-refractivity contribution in [2.45, 2.75) is 13.3 Å². The van der Waals surface area contributed by atoms with Crippen molar-refractivity contribution in [1.29, 1.82) is 0 Å². The average Bonchev–Trinajstić information content (AvgIpc) is 3.39. The largest absolute Gasteiger partial charge is 0.493 e. The fraction of sp³-hybridized carbons (Fsp3) is 0.296. The number of ether oxygens (including phenoxy) is 1. The summed E-state index contributed by atoms with van der Waals surface area (Å²) >= 11 is 12.4. The molecule has 1 fully saturated rings. The third kappa shape index (κ3) is 7.59. The maximum Gasteiger partial charge on any atom is 0.328 e. The number of hydrogen-bond acceptors (Lipinski definition) is 8. The zero-order chi connectivity index (χ0) is 29.4. The van der Waals surface area contributed by atoms with E-state index in [1.165, 1.54) is 19.5 Å². The fourth-order valence-corrected chi connectivity index (χ4v) is 4.53. The number of fused-ring (bicyclic) bond motifs is 1. The molecule has 1 amide bonds. The van der Waals surface area contributed by atoms with Crippen LogP contribution >= 0.6 is 23.2 Å². The van der Waals surface area contributed by atoms with Crippen LogP contribution in [-0.2, 0) is 16.0 Å². The van der Waals surface area contributed by atoms with Gasteiger partial charge >= 0.3 is 11.9 Å². The van der Waals surface area contributed by atoms with Crippen LogP contribution in [0.2, 0.25) is 10.0 Å². The van der Waals surface area contributed by atoms with Gasteiger partial charge in [0.1, 0.15) is 0 Å². The molecule has 1 aliphatic heterocycles. The Kier molecular flexibility index (Phi) is 10.7. The number of carboxylic acid groups (broad SMARTS) is 2. The highest BCUT2D eigenvalue weighted by atomic mass is 35.5. The third-order valence-corrected chi connectivity index (χ3v) is 6.79. The zero-order valence-electron chi connectivity index (χ0n) is 21.7. The van der Waals surface area contributed by atoms with Gasteiger partial charge in [-0.2, -0.15) is 0 Å². The number of benzene rings is 1. The lowest BCUT2D eigenvalue weighted by Gasteiger charge is -2.33. The average molecular weight is 592 g/mol. The van der Waals surface area contributed by atoms with E-state index in [-0.39, 0.29) is 23.9 Å². The Morgan fingerprint density at radius 2 is 1.62 bits per heavy atom. The molecule has 3 heterocycles. The number of furan rings is 1. The third-order valence-electron chi connectivity index (χ3n) is 6.14. The molecule has 212 valence electrons. The van der Waals surface area contributed by atoms with Gasteiger partial charge in [0.15, 0.2) is 22.9 Å². The van der Waals surface area contributed by atoms with Crippen LogP contribution in [0.25, 0.3) is 11.0 Å². The van der Waals surface area contributed by atoms with Crippen LogP contribution in [0.1, 0.15) is 33.4 Å². The van der Waals surface area contributed by atoms with E-state index in [4.69, 9.17) is 42.6 Å². The van der Waals surface area contributed by atoms with Gasteiger partial charge in [-0.05, 0) is 24.7 Å². The topological polar surface area (TPSA) is 150 Å². The molecule has 3 aromatic rings. The van der Waals surface area contributed by atoms with Crippen molar-refractivity contribution in [3.63, 3.8) is 0 Å². The molecular formula is C27H27Cl2N3O8. The SMILES string of the molecule is CCN1CCN(C(=O)c2cc3c(C(=O)Cc4c(Cl)cncc4Cl)ccc(OC)c3o2)CC1.O=C(O)/C=C/C(=O)O. The second-order valence-electron chi connectivity index (χ2n) is 8.59. The van der Waals surface area contributed by atoms with Gasteiger partial charge in [0.25, 0.3) is 5.91 Å². The number of carbonyl (C=O) groups is 4. The highest BCUT2D eigenvalue weighted by Crippen LogP contribution is 2.34. The van der Waals surface area contributed by atoms with Gasteiger partial charge in [0.2, 0.25) is 0 Å². The molecule has 1 aliphatic rings. The molecule has 0 saturated carbocycles. The highest BCUT2D eigenvalue weighted by Gasteiger charge is 2.26. The number of Topliss-reactive ketones (excluding diaryl/α,β-unsaturated/α-hetero) is 1. The molecule has 1 saturated heterocycles. The van der Waals surface area contributed by atoms with E-state index in [0.717, 1.165) is 19.6 Å². The molecular weight excluding hydrogens is 565 g/mol. The Labute approximate surface area is 239 Å². The van der Waals surface area contributed by atoms with Crippen molar-refractivity contribution in [2.24, 2.45) is 0 Å². The summed E-state index contributed by atoms with van der Waals surface area (Å²) in [6.45, 7) is 5.97. The highest BCUT2D eigenvalue weighted by molar-refractivity contribution is 6.36. The van der Waals surface area contributed by atoms with Crippen molar-refractivity contribution < 1.29 is 38.5 Å². The van der Waals surface area contributed by atoms with Crippen LogP contribution in [0.15, 0.2) is 47.2 Å². The molecule has 0 aliphatic carbocycles. The monoisotopic (exact) mass is 591 g/mol. The number of aromatic nitrogens is 1. The van der Waals surface area contributed by atoms with Gasteiger partial charge in [0.05, 0.1) is 17.2 Å². The predicted molar refractivity (Wildman–Crippen MR) is 147 cm³/mol. The quantitative estimate of drug-likeness (QED) is 0.290. The van der Waals surface area contributed by atoms with E-state index in [9.17, 15) is 19.2 Å². The number of pyridine rings is 1. The van der Waals surface area contributed by atoms with E-state index in [2.05, 4.69) is 16.8 Å². The fourth-order valence-electron chi connectivity index (χ4n) is 4.04. The van der Waals surface area contributed by atoms with E-state index in [1.54, 1.807) is 23.1 Å². The number of carbonyl (C=O) groups excluding carboxylic acids is 2. The molecule has 13 heteroatoms. The number of ketones is 1. The van der Waals surface area contributed by atoms with Gasteiger partial charge in [-0.3, -0.25) is 14.6 Å². The van der Waals surface area contributed by atoms with Crippen LogP contribution in [0.3, 0.4) is 0 Å². The summed E-state index contributed by atoms with van der Waals surface area (Å²) in [6.07, 6.45) is 4.01. The lowest BCUT2D eigenvalue weighted by atomic mass is 10.00. The van der Waals surface area contributed by atoms with Gasteiger partial charge in [-0.15, -0.1) is 0 Å². The molecule has 4 rings (SSSR count). The lowest BCUT2D eigenvalue weighted by Crippen LogP contribution is -2.48. The van der Waals surface area contributed by atoms with Crippen molar-refractivity contribution >= 4 is 57.8 Å². The molecule has 0 spiro atoms. The summed E-state index contributed by atoms with van der Waals surface area (Å²) in [5, 5.41) is 16.8. The van der Waals surface area contributed by atoms with Gasteiger partial charge < -0.3 is 29.2 Å². The number of amides is 1. The van der Waals surface area contributed by atoms with Crippen molar-refractivity contribution in [1.82, 2.24) is 14.8 Å². The number of methoxy groups -OCH3 is 1. The molecule has 0 radical (unpaired) electrons. The number of nitrogens with zero attached hydrogens (tertiary/aromatic N) is 3. The molecule has 40 heavy (non-hydrogen) atoms. The van der Waals surface area contributed by atoms with Gasteiger partial charge in [0, 0.05) is 73.7 Å². The Hall–Kier alpha value is -3.93. The summed E-state index contributed by atoms with van der Waals surface area (Å²) in [5.74, 6) is -2.28. The smallest absolute Gasteiger partial charge is 0.328 e. The second-order valence-corrected chi connectivity index (χ2v) is 9.40.